The molecule has 2 atom stereocenters. The third-order valence-corrected chi connectivity index (χ3v) is 4.31. The second-order valence-corrected chi connectivity index (χ2v) is 7.08. The van der Waals surface area contributed by atoms with Gasteiger partial charge in [-0.15, -0.1) is 0 Å². The minimum Gasteiger partial charge on any atom is -0.462 e. The average Bonchev–Trinajstić information content (AvgIpc) is 3.13. The van der Waals surface area contributed by atoms with E-state index in [1.54, 1.807) is 12.5 Å². The van der Waals surface area contributed by atoms with Crippen LogP contribution in [-0.4, -0.2) is 50.6 Å². The summed E-state index contributed by atoms with van der Waals surface area (Å²) in [6.07, 6.45) is 5.52. The highest BCUT2D eigenvalue weighted by Gasteiger charge is 2.23. The number of fused-ring (bicyclic) bond motifs is 1. The van der Waals surface area contributed by atoms with Crippen LogP contribution in [0.5, 0.6) is 0 Å². The molecule has 1 unspecified atom stereocenters. The first kappa shape index (κ1) is 21.7. The highest BCUT2D eigenvalue weighted by Crippen LogP contribution is 2.12. The van der Waals surface area contributed by atoms with Gasteiger partial charge in [-0.2, -0.15) is 0 Å². The van der Waals surface area contributed by atoms with Gasteiger partial charge in [-0.3, -0.25) is 9.59 Å². The van der Waals surface area contributed by atoms with E-state index in [1.165, 1.54) is 0 Å². The van der Waals surface area contributed by atoms with Crippen molar-refractivity contribution < 1.29 is 19.1 Å². The fourth-order valence-corrected chi connectivity index (χ4v) is 2.53. The topological polar surface area (TPSA) is 133 Å². The Hall–Kier alpha value is -2.55. The van der Waals surface area contributed by atoms with Crippen molar-refractivity contribution in [2.45, 2.75) is 65.0 Å². The fraction of sp³-hybridized carbons (Fsp3) is 0.632. The van der Waals surface area contributed by atoms with Gasteiger partial charge >= 0.3 is 11.9 Å². The van der Waals surface area contributed by atoms with Crippen LogP contribution in [0.1, 0.15) is 52.3 Å². The smallest absolute Gasteiger partial charge is 0.323 e. The van der Waals surface area contributed by atoms with E-state index in [4.69, 9.17) is 15.2 Å². The summed E-state index contributed by atoms with van der Waals surface area (Å²) < 4.78 is 10.7. The third kappa shape index (κ3) is 6.56. The van der Waals surface area contributed by atoms with Gasteiger partial charge in [0.05, 0.1) is 12.5 Å². The SMILES string of the molecule is CCCC(=O)OCC(CCCc1ncc2[nH]cnc2n1)OC(=O)[C@@H](N)C(C)C. The number of ether oxygens (including phenoxy) is 2. The Morgan fingerprint density at radius 1 is 1.29 bits per heavy atom. The molecule has 0 aromatic carbocycles. The normalized spacial score (nSPS) is 13.5. The minimum absolute atomic E-state index is 0.0225. The highest BCUT2D eigenvalue weighted by atomic mass is 16.6. The summed E-state index contributed by atoms with van der Waals surface area (Å²) in [7, 11) is 0. The number of hydrogen-bond acceptors (Lipinski definition) is 8. The first-order valence-electron chi connectivity index (χ1n) is 9.67. The highest BCUT2D eigenvalue weighted by molar-refractivity contribution is 5.76. The number of rotatable bonds is 11. The van der Waals surface area contributed by atoms with Crippen molar-refractivity contribution in [3.63, 3.8) is 0 Å². The maximum Gasteiger partial charge on any atom is 0.323 e. The first-order chi connectivity index (χ1) is 13.4. The number of nitrogens with two attached hydrogens (primary N) is 1. The number of hydrogen-bond donors (Lipinski definition) is 2. The summed E-state index contributed by atoms with van der Waals surface area (Å²) in [6, 6.07) is -0.709. The molecule has 2 aromatic heterocycles. The molecule has 0 radical (unpaired) electrons. The number of carbonyl (C=O) groups excluding carboxylic acids is 2. The number of esters is 2. The molecule has 0 spiro atoms. The lowest BCUT2D eigenvalue weighted by Gasteiger charge is -2.21. The van der Waals surface area contributed by atoms with Crippen molar-refractivity contribution in [2.24, 2.45) is 11.7 Å². The van der Waals surface area contributed by atoms with Gasteiger partial charge in [-0.05, 0) is 25.2 Å². The van der Waals surface area contributed by atoms with Crippen LogP contribution in [0.4, 0.5) is 0 Å². The molecule has 0 saturated carbocycles. The Balaban J connectivity index is 1.90. The number of carbonyl (C=O) groups is 2. The Morgan fingerprint density at radius 3 is 2.79 bits per heavy atom. The van der Waals surface area contributed by atoms with E-state index in [-0.39, 0.29) is 18.5 Å². The zero-order valence-corrected chi connectivity index (χ0v) is 16.7. The van der Waals surface area contributed by atoms with Crippen LogP contribution in [-0.2, 0) is 25.5 Å². The molecule has 0 aliphatic carbocycles. The number of nitrogens with one attached hydrogen (secondary N) is 1. The molecule has 0 aliphatic heterocycles. The monoisotopic (exact) mass is 391 g/mol. The Bertz CT molecular complexity index is 777. The summed E-state index contributed by atoms with van der Waals surface area (Å²) in [5.74, 6) is -0.166. The van der Waals surface area contributed by atoms with Crippen LogP contribution >= 0.6 is 0 Å². The first-order valence-corrected chi connectivity index (χ1v) is 9.67. The van der Waals surface area contributed by atoms with Crippen LogP contribution < -0.4 is 5.73 Å². The maximum atomic E-state index is 12.2. The maximum absolute atomic E-state index is 12.2. The lowest BCUT2D eigenvalue weighted by Crippen LogP contribution is -2.40. The second-order valence-electron chi connectivity index (χ2n) is 7.08. The standard InChI is InChI=1S/C19H29N5O4/c1-4-6-16(25)27-10-13(28-19(26)17(20)12(2)3)7-5-8-15-21-9-14-18(24-15)23-11-22-14/h9,11-13,17H,4-8,10,20H2,1-3H3,(H,21,22,23,24)/t13?,17-/m0/s1. The van der Waals surface area contributed by atoms with Gasteiger partial charge in [-0.25, -0.2) is 15.0 Å². The van der Waals surface area contributed by atoms with E-state index >= 15 is 0 Å². The average molecular weight is 391 g/mol. The van der Waals surface area contributed by atoms with E-state index in [1.807, 2.05) is 20.8 Å². The zero-order chi connectivity index (χ0) is 20.5. The van der Waals surface area contributed by atoms with Crippen LogP contribution in [0.2, 0.25) is 0 Å². The molecule has 0 bridgehead atoms. The predicted molar refractivity (Wildman–Crippen MR) is 103 cm³/mol. The Kier molecular flexibility index (Phi) is 8.31. The van der Waals surface area contributed by atoms with E-state index in [0.29, 0.717) is 43.6 Å². The lowest BCUT2D eigenvalue weighted by molar-refractivity contribution is -0.161. The Morgan fingerprint density at radius 2 is 2.07 bits per heavy atom. The van der Waals surface area contributed by atoms with E-state index in [0.717, 1.165) is 5.52 Å². The molecule has 3 N–H and O–H groups in total. The second kappa shape index (κ2) is 10.7. The van der Waals surface area contributed by atoms with Gasteiger partial charge in [0.2, 0.25) is 0 Å². The van der Waals surface area contributed by atoms with E-state index in [9.17, 15) is 9.59 Å². The van der Waals surface area contributed by atoms with Crippen molar-refractivity contribution >= 4 is 23.1 Å². The molecule has 28 heavy (non-hydrogen) atoms. The number of aromatic amines is 1. The van der Waals surface area contributed by atoms with Crippen LogP contribution in [0.3, 0.4) is 0 Å². The lowest BCUT2D eigenvalue weighted by atomic mass is 10.1. The molecular formula is C19H29N5O4. The Labute approximate surface area is 164 Å². The molecule has 0 fully saturated rings. The van der Waals surface area contributed by atoms with Crippen LogP contribution in [0.15, 0.2) is 12.5 Å². The minimum atomic E-state index is -0.709. The van der Waals surface area contributed by atoms with Crippen molar-refractivity contribution in [2.75, 3.05) is 6.61 Å². The van der Waals surface area contributed by atoms with E-state index in [2.05, 4.69) is 19.9 Å². The molecule has 0 aliphatic rings. The molecule has 0 saturated heterocycles. The largest absolute Gasteiger partial charge is 0.462 e. The number of aromatic nitrogens is 4. The zero-order valence-electron chi connectivity index (χ0n) is 16.7. The molecule has 2 aromatic rings. The predicted octanol–water partition coefficient (Wildman–Crippen LogP) is 1.91. The number of nitrogens with zero attached hydrogens (tertiary/aromatic N) is 3. The summed E-state index contributed by atoms with van der Waals surface area (Å²) in [4.78, 5) is 39.6. The van der Waals surface area contributed by atoms with Crippen LogP contribution in [0, 0.1) is 5.92 Å². The quantitative estimate of drug-likeness (QED) is 0.555. The molecule has 154 valence electrons. The molecule has 9 heteroatoms. The van der Waals surface area contributed by atoms with Crippen molar-refractivity contribution in [1.82, 2.24) is 19.9 Å². The molecule has 9 nitrogen and oxygen atoms in total. The molecule has 2 heterocycles. The van der Waals surface area contributed by atoms with E-state index < -0.39 is 18.1 Å². The van der Waals surface area contributed by atoms with Crippen molar-refractivity contribution in [1.29, 1.82) is 0 Å². The van der Waals surface area contributed by atoms with Gasteiger partial charge in [0.1, 0.15) is 30.1 Å². The van der Waals surface area contributed by atoms with Crippen molar-refractivity contribution in [3.8, 4) is 0 Å². The fourth-order valence-electron chi connectivity index (χ4n) is 2.53. The van der Waals surface area contributed by atoms with Crippen LogP contribution in [0.25, 0.3) is 11.2 Å². The summed E-state index contributed by atoms with van der Waals surface area (Å²) in [5, 5.41) is 0. The van der Waals surface area contributed by atoms with Gasteiger partial charge in [0.15, 0.2) is 5.65 Å². The third-order valence-electron chi connectivity index (χ3n) is 4.31. The van der Waals surface area contributed by atoms with Gasteiger partial charge in [-0.1, -0.05) is 20.8 Å². The number of H-pyrrole nitrogens is 1. The van der Waals surface area contributed by atoms with Gasteiger partial charge in [0, 0.05) is 12.8 Å². The van der Waals surface area contributed by atoms with Gasteiger partial charge in [0.25, 0.3) is 0 Å². The molecule has 2 rings (SSSR count). The van der Waals surface area contributed by atoms with Gasteiger partial charge < -0.3 is 20.2 Å². The number of aryl methyl sites for hydroxylation is 1. The summed E-state index contributed by atoms with van der Waals surface area (Å²) in [5.41, 5.74) is 7.26. The summed E-state index contributed by atoms with van der Waals surface area (Å²) >= 11 is 0. The molecule has 0 amide bonds. The number of imidazole rings is 1. The molecular weight excluding hydrogens is 362 g/mol. The summed E-state index contributed by atoms with van der Waals surface area (Å²) in [6.45, 7) is 5.63. The van der Waals surface area contributed by atoms with Crippen molar-refractivity contribution in [3.05, 3.63) is 18.3 Å².